The van der Waals surface area contributed by atoms with Crippen molar-refractivity contribution in [3.63, 3.8) is 0 Å². The normalized spacial score (nSPS) is 14.4. The number of nitrogens with one attached hydrogen (secondary N) is 2. The zero-order valence-corrected chi connectivity index (χ0v) is 15.6. The molecule has 0 bridgehead atoms. The lowest BCUT2D eigenvalue weighted by atomic mass is 10.3. The van der Waals surface area contributed by atoms with E-state index in [1.807, 2.05) is 49.4 Å². The van der Waals surface area contributed by atoms with Crippen molar-refractivity contribution in [3.8, 4) is 5.75 Å². The Morgan fingerprint density at radius 1 is 1.08 bits per heavy atom. The number of ether oxygens (including phenoxy) is 1. The summed E-state index contributed by atoms with van der Waals surface area (Å²) < 4.78 is 5.16. The zero-order chi connectivity index (χ0) is 18.5. The fourth-order valence-electron chi connectivity index (χ4n) is 2.41. The summed E-state index contributed by atoms with van der Waals surface area (Å²) >= 11 is 1.47. The predicted octanol–water partition coefficient (Wildman–Crippen LogP) is 4.16. The Labute approximate surface area is 157 Å². The molecule has 1 aliphatic carbocycles. The van der Waals surface area contributed by atoms with E-state index in [2.05, 4.69) is 10.6 Å². The maximum Gasteiger partial charge on any atom is 0.237 e. The van der Waals surface area contributed by atoms with Crippen molar-refractivity contribution in [2.75, 3.05) is 17.7 Å². The largest absolute Gasteiger partial charge is 0.497 e. The highest BCUT2D eigenvalue weighted by molar-refractivity contribution is 8.00. The first-order valence-corrected chi connectivity index (χ1v) is 9.45. The lowest BCUT2D eigenvalue weighted by molar-refractivity contribution is -0.117. The molecule has 0 saturated heterocycles. The lowest BCUT2D eigenvalue weighted by Crippen LogP contribution is -2.22. The monoisotopic (exact) mass is 370 g/mol. The van der Waals surface area contributed by atoms with E-state index in [1.165, 1.54) is 11.8 Å². The van der Waals surface area contributed by atoms with E-state index in [1.54, 1.807) is 13.2 Å². The van der Waals surface area contributed by atoms with E-state index in [0.29, 0.717) is 11.4 Å². The number of rotatable bonds is 7. The van der Waals surface area contributed by atoms with Crippen LogP contribution in [-0.2, 0) is 9.59 Å². The number of carbonyl (C=O) groups excluding carboxylic acids is 2. The summed E-state index contributed by atoms with van der Waals surface area (Å²) in [5, 5.41) is 5.55. The zero-order valence-electron chi connectivity index (χ0n) is 14.8. The molecule has 0 heterocycles. The molecule has 1 saturated carbocycles. The van der Waals surface area contributed by atoms with Crippen molar-refractivity contribution >= 4 is 35.0 Å². The summed E-state index contributed by atoms with van der Waals surface area (Å²) in [6, 6.07) is 14.9. The molecule has 136 valence electrons. The highest BCUT2D eigenvalue weighted by Gasteiger charge is 2.29. The van der Waals surface area contributed by atoms with Crippen molar-refractivity contribution in [2.45, 2.75) is 29.9 Å². The van der Waals surface area contributed by atoms with Gasteiger partial charge in [-0.25, -0.2) is 0 Å². The van der Waals surface area contributed by atoms with Crippen LogP contribution < -0.4 is 15.4 Å². The Morgan fingerprint density at radius 3 is 2.46 bits per heavy atom. The molecule has 1 fully saturated rings. The fourth-order valence-corrected chi connectivity index (χ4v) is 3.28. The molecular weight excluding hydrogens is 348 g/mol. The number of carbonyl (C=O) groups is 2. The van der Waals surface area contributed by atoms with Gasteiger partial charge < -0.3 is 15.4 Å². The van der Waals surface area contributed by atoms with Gasteiger partial charge in [-0.05, 0) is 56.2 Å². The molecule has 1 atom stereocenters. The third-order valence-corrected chi connectivity index (χ3v) is 5.20. The minimum atomic E-state index is -0.256. The van der Waals surface area contributed by atoms with Crippen LogP contribution in [0.5, 0.6) is 5.75 Å². The predicted molar refractivity (Wildman–Crippen MR) is 105 cm³/mol. The summed E-state index contributed by atoms with van der Waals surface area (Å²) in [4.78, 5) is 25.1. The van der Waals surface area contributed by atoms with Gasteiger partial charge in [0.1, 0.15) is 5.75 Å². The van der Waals surface area contributed by atoms with Gasteiger partial charge in [-0.3, -0.25) is 9.59 Å². The third-order valence-electron chi connectivity index (χ3n) is 4.09. The van der Waals surface area contributed by atoms with Crippen molar-refractivity contribution in [1.82, 2.24) is 0 Å². The molecule has 0 radical (unpaired) electrons. The molecule has 26 heavy (non-hydrogen) atoms. The Balaban J connectivity index is 1.53. The van der Waals surface area contributed by atoms with Gasteiger partial charge in [0.15, 0.2) is 0 Å². The third kappa shape index (κ3) is 5.02. The maximum absolute atomic E-state index is 12.4. The molecule has 1 unspecified atom stereocenters. The lowest BCUT2D eigenvalue weighted by Gasteiger charge is -2.13. The van der Waals surface area contributed by atoms with Crippen LogP contribution in [0.3, 0.4) is 0 Å². The second kappa shape index (κ2) is 8.27. The molecular formula is C20H22N2O3S. The summed E-state index contributed by atoms with van der Waals surface area (Å²) in [6.07, 6.45) is 1.97. The van der Waals surface area contributed by atoms with Gasteiger partial charge in [0.2, 0.25) is 11.8 Å². The molecule has 2 N–H and O–H groups in total. The van der Waals surface area contributed by atoms with E-state index in [0.717, 1.165) is 23.4 Å². The molecule has 2 amide bonds. The first-order chi connectivity index (χ1) is 12.5. The quantitative estimate of drug-likeness (QED) is 0.718. The number of anilines is 2. The summed E-state index contributed by atoms with van der Waals surface area (Å²) in [6.45, 7) is 1.86. The van der Waals surface area contributed by atoms with Crippen LogP contribution in [-0.4, -0.2) is 24.2 Å². The van der Waals surface area contributed by atoms with Crippen LogP contribution in [0.1, 0.15) is 19.8 Å². The molecule has 6 heteroatoms. The average molecular weight is 370 g/mol. The molecule has 2 aromatic carbocycles. The number of hydrogen-bond donors (Lipinski definition) is 2. The minimum absolute atomic E-state index is 0.0747. The Morgan fingerprint density at radius 2 is 1.81 bits per heavy atom. The highest BCUT2D eigenvalue weighted by Crippen LogP contribution is 2.31. The molecule has 0 aliphatic heterocycles. The van der Waals surface area contributed by atoms with Gasteiger partial charge in [-0.15, -0.1) is 11.8 Å². The van der Waals surface area contributed by atoms with Crippen molar-refractivity contribution in [3.05, 3.63) is 48.5 Å². The van der Waals surface area contributed by atoms with Gasteiger partial charge >= 0.3 is 0 Å². The number of methoxy groups -OCH3 is 1. The first-order valence-electron chi connectivity index (χ1n) is 8.57. The molecule has 3 rings (SSSR count). The van der Waals surface area contributed by atoms with Gasteiger partial charge in [-0.2, -0.15) is 0 Å². The second-order valence-electron chi connectivity index (χ2n) is 6.27. The van der Waals surface area contributed by atoms with Crippen LogP contribution in [0, 0.1) is 5.92 Å². The van der Waals surface area contributed by atoms with Crippen LogP contribution in [0.2, 0.25) is 0 Å². The number of thioether (sulfide) groups is 1. The van der Waals surface area contributed by atoms with Crippen LogP contribution in [0.4, 0.5) is 11.4 Å². The maximum atomic E-state index is 12.4. The average Bonchev–Trinajstić information content (AvgIpc) is 3.48. The van der Waals surface area contributed by atoms with E-state index >= 15 is 0 Å². The number of amides is 2. The van der Waals surface area contributed by atoms with E-state index in [9.17, 15) is 9.59 Å². The second-order valence-corrected chi connectivity index (χ2v) is 7.68. The van der Waals surface area contributed by atoms with E-state index in [-0.39, 0.29) is 23.0 Å². The highest BCUT2D eigenvalue weighted by atomic mass is 32.2. The van der Waals surface area contributed by atoms with Crippen LogP contribution >= 0.6 is 11.8 Å². The molecule has 0 spiro atoms. The fraction of sp³-hybridized carbons (Fsp3) is 0.300. The Bertz CT molecular complexity index is 788. The van der Waals surface area contributed by atoms with Crippen molar-refractivity contribution in [2.24, 2.45) is 5.92 Å². The number of benzene rings is 2. The molecule has 0 aromatic heterocycles. The standard InChI is InChI=1S/C20H22N2O3S/c1-13(19(23)22-16-4-3-5-17(12-16)25-2)26-18-10-8-15(9-11-18)21-20(24)14-6-7-14/h3-5,8-14H,6-7H2,1-2H3,(H,21,24)(H,22,23). The molecule has 5 nitrogen and oxygen atoms in total. The smallest absolute Gasteiger partial charge is 0.237 e. The number of hydrogen-bond acceptors (Lipinski definition) is 4. The molecule has 2 aromatic rings. The van der Waals surface area contributed by atoms with E-state index < -0.39 is 0 Å². The Kier molecular flexibility index (Phi) is 5.83. The van der Waals surface area contributed by atoms with E-state index in [4.69, 9.17) is 4.74 Å². The first kappa shape index (κ1) is 18.3. The Hall–Kier alpha value is -2.47. The summed E-state index contributed by atoms with van der Waals surface area (Å²) in [5.74, 6) is 0.905. The SMILES string of the molecule is COc1cccc(NC(=O)C(C)Sc2ccc(NC(=O)C3CC3)cc2)c1. The van der Waals surface area contributed by atoms with Crippen LogP contribution in [0.25, 0.3) is 0 Å². The van der Waals surface area contributed by atoms with Crippen LogP contribution in [0.15, 0.2) is 53.4 Å². The van der Waals surface area contributed by atoms with Gasteiger partial charge in [0.25, 0.3) is 0 Å². The summed E-state index contributed by atoms with van der Waals surface area (Å²) in [7, 11) is 1.59. The van der Waals surface area contributed by atoms with Gasteiger partial charge in [0.05, 0.1) is 12.4 Å². The topological polar surface area (TPSA) is 67.4 Å². The van der Waals surface area contributed by atoms with Gasteiger partial charge in [0, 0.05) is 28.3 Å². The molecule has 1 aliphatic rings. The van der Waals surface area contributed by atoms with Gasteiger partial charge in [-0.1, -0.05) is 6.07 Å². The minimum Gasteiger partial charge on any atom is -0.497 e. The summed E-state index contributed by atoms with van der Waals surface area (Å²) in [5.41, 5.74) is 1.50. The van der Waals surface area contributed by atoms with Crippen molar-refractivity contribution in [1.29, 1.82) is 0 Å². The van der Waals surface area contributed by atoms with Crippen molar-refractivity contribution < 1.29 is 14.3 Å².